The number of aryl methyl sites for hydroxylation is 4. The number of hydrogen-bond donors (Lipinski definition) is 0. The normalized spacial score (nSPS) is 15.3. The van der Waals surface area contributed by atoms with Crippen LogP contribution in [0.15, 0.2) is 39.6 Å². The van der Waals surface area contributed by atoms with Crippen LogP contribution in [0.4, 0.5) is 0 Å². The van der Waals surface area contributed by atoms with E-state index in [1.807, 2.05) is 45.0 Å². The van der Waals surface area contributed by atoms with Crippen molar-refractivity contribution in [1.82, 2.24) is 19.4 Å². The van der Waals surface area contributed by atoms with Crippen LogP contribution >= 0.6 is 11.3 Å². The molecule has 1 aromatic carbocycles. The second kappa shape index (κ2) is 9.13. The van der Waals surface area contributed by atoms with E-state index in [2.05, 4.69) is 10.2 Å². The summed E-state index contributed by atoms with van der Waals surface area (Å²) in [4.78, 5) is 16.5. The lowest BCUT2D eigenvalue weighted by atomic mass is 10.1. The Hall–Kier alpha value is -2.56. The maximum Gasteiger partial charge on any atom is 0.247 e. The number of sulfonamides is 1. The van der Waals surface area contributed by atoms with Crippen molar-refractivity contribution in [2.75, 3.05) is 26.2 Å². The Morgan fingerprint density at radius 1 is 1.06 bits per heavy atom. The van der Waals surface area contributed by atoms with Crippen molar-refractivity contribution in [3.8, 4) is 11.5 Å². The van der Waals surface area contributed by atoms with Crippen molar-refractivity contribution >= 4 is 27.3 Å². The van der Waals surface area contributed by atoms with Crippen LogP contribution in [-0.4, -0.2) is 59.9 Å². The fourth-order valence-electron chi connectivity index (χ4n) is 3.72. The molecule has 0 N–H and O–H groups in total. The number of hydrogen-bond acceptors (Lipinski definition) is 7. The minimum absolute atomic E-state index is 0.0420. The summed E-state index contributed by atoms with van der Waals surface area (Å²) in [6, 6.07) is 9.52. The quantitative estimate of drug-likeness (QED) is 0.544. The van der Waals surface area contributed by atoms with E-state index in [4.69, 9.17) is 4.42 Å². The zero-order valence-corrected chi connectivity index (χ0v) is 20.0. The fraction of sp³-hybridized carbons (Fsp3) is 0.409. The first-order chi connectivity index (χ1) is 15.2. The van der Waals surface area contributed by atoms with Crippen molar-refractivity contribution in [2.24, 2.45) is 0 Å². The number of nitrogens with zero attached hydrogens (tertiary/aromatic N) is 4. The van der Waals surface area contributed by atoms with Crippen LogP contribution in [0.3, 0.4) is 0 Å². The van der Waals surface area contributed by atoms with Gasteiger partial charge in [0, 0.05) is 54.3 Å². The van der Waals surface area contributed by atoms with Crippen LogP contribution in [0.2, 0.25) is 0 Å². The van der Waals surface area contributed by atoms with E-state index in [1.165, 1.54) is 15.6 Å². The summed E-state index contributed by atoms with van der Waals surface area (Å²) in [5.41, 5.74) is 1.99. The number of carbonyl (C=O) groups is 1. The molecule has 4 rings (SSSR count). The number of carbonyl (C=O) groups excluding carboxylic acids is 1. The summed E-state index contributed by atoms with van der Waals surface area (Å²) >= 11 is 1.48. The van der Waals surface area contributed by atoms with E-state index in [1.54, 1.807) is 11.0 Å². The molecule has 2 aromatic heterocycles. The van der Waals surface area contributed by atoms with E-state index >= 15 is 0 Å². The Bertz CT molecular complexity index is 1210. The highest BCUT2D eigenvalue weighted by molar-refractivity contribution is 7.89. The molecule has 10 heteroatoms. The highest BCUT2D eigenvalue weighted by Gasteiger charge is 2.31. The lowest BCUT2D eigenvalue weighted by Crippen LogP contribution is -2.50. The minimum atomic E-state index is -3.53. The molecule has 1 aliphatic rings. The molecular formula is C22H26N4O4S2. The van der Waals surface area contributed by atoms with Gasteiger partial charge in [-0.2, -0.15) is 4.31 Å². The van der Waals surface area contributed by atoms with E-state index in [0.717, 1.165) is 20.9 Å². The molecule has 3 heterocycles. The molecular weight excluding hydrogens is 448 g/mol. The predicted molar refractivity (Wildman–Crippen MR) is 122 cm³/mol. The van der Waals surface area contributed by atoms with Gasteiger partial charge < -0.3 is 9.32 Å². The molecule has 170 valence electrons. The molecule has 0 bridgehead atoms. The predicted octanol–water partition coefficient (Wildman–Crippen LogP) is 3.19. The standard InChI is InChI=1S/C22H26N4O4S2/c1-15-4-6-18(7-5-15)22-24-23-20(30-22)8-9-21(27)25-10-12-26(13-11-25)32(28,29)19-14-16(2)31-17(19)3/h4-7,14H,8-13H2,1-3H3. The number of piperazine rings is 1. The molecule has 0 unspecified atom stereocenters. The van der Waals surface area contributed by atoms with Crippen molar-refractivity contribution in [1.29, 1.82) is 0 Å². The third kappa shape index (κ3) is 4.77. The second-order valence-electron chi connectivity index (χ2n) is 7.93. The van der Waals surface area contributed by atoms with Gasteiger partial charge in [-0.15, -0.1) is 21.5 Å². The first-order valence-corrected chi connectivity index (χ1v) is 12.7. The van der Waals surface area contributed by atoms with Crippen molar-refractivity contribution in [3.05, 3.63) is 51.5 Å². The van der Waals surface area contributed by atoms with Crippen LogP contribution in [0.5, 0.6) is 0 Å². The summed E-state index contributed by atoms with van der Waals surface area (Å²) in [5, 5.41) is 8.11. The van der Waals surface area contributed by atoms with Crippen LogP contribution in [0, 0.1) is 20.8 Å². The molecule has 1 amide bonds. The fourth-order valence-corrected chi connectivity index (χ4v) is 6.67. The second-order valence-corrected chi connectivity index (χ2v) is 11.3. The Labute approximate surface area is 191 Å². The zero-order chi connectivity index (χ0) is 22.9. The molecule has 0 atom stereocenters. The van der Waals surface area contributed by atoms with Crippen molar-refractivity contribution in [3.63, 3.8) is 0 Å². The van der Waals surface area contributed by atoms with Gasteiger partial charge in [-0.05, 0) is 39.0 Å². The van der Waals surface area contributed by atoms with E-state index in [9.17, 15) is 13.2 Å². The van der Waals surface area contributed by atoms with E-state index in [0.29, 0.717) is 49.3 Å². The maximum atomic E-state index is 12.9. The van der Waals surface area contributed by atoms with Crippen molar-refractivity contribution < 1.29 is 17.6 Å². The molecule has 3 aromatic rings. The summed E-state index contributed by atoms with van der Waals surface area (Å²) in [5.74, 6) is 0.809. The highest BCUT2D eigenvalue weighted by Crippen LogP contribution is 2.28. The highest BCUT2D eigenvalue weighted by atomic mass is 32.2. The van der Waals surface area contributed by atoms with Gasteiger partial charge in [0.25, 0.3) is 0 Å². The number of amides is 1. The summed E-state index contributed by atoms with van der Waals surface area (Å²) in [6.07, 6.45) is 0.592. The van der Waals surface area contributed by atoms with Gasteiger partial charge in [0.15, 0.2) is 0 Å². The molecule has 32 heavy (non-hydrogen) atoms. The topological polar surface area (TPSA) is 96.6 Å². The Morgan fingerprint density at radius 2 is 1.75 bits per heavy atom. The lowest BCUT2D eigenvalue weighted by Gasteiger charge is -2.34. The molecule has 1 fully saturated rings. The maximum absolute atomic E-state index is 12.9. The van der Waals surface area contributed by atoms with Gasteiger partial charge in [0.1, 0.15) is 0 Å². The third-order valence-electron chi connectivity index (χ3n) is 5.52. The smallest absolute Gasteiger partial charge is 0.247 e. The number of aromatic nitrogens is 2. The lowest BCUT2D eigenvalue weighted by molar-refractivity contribution is -0.132. The van der Waals surface area contributed by atoms with Crippen molar-refractivity contribution in [2.45, 2.75) is 38.5 Å². The Kier molecular flexibility index (Phi) is 6.45. The van der Waals surface area contributed by atoms with Crippen LogP contribution in [-0.2, 0) is 21.2 Å². The van der Waals surface area contributed by atoms with Crippen LogP contribution in [0.1, 0.15) is 27.6 Å². The number of thiophene rings is 1. The average Bonchev–Trinajstić information content (AvgIpc) is 3.39. The molecule has 0 aliphatic carbocycles. The van der Waals surface area contributed by atoms with Crippen LogP contribution < -0.4 is 0 Å². The molecule has 1 saturated heterocycles. The van der Waals surface area contributed by atoms with E-state index in [-0.39, 0.29) is 12.3 Å². The van der Waals surface area contributed by atoms with E-state index < -0.39 is 10.0 Å². The Balaban J connectivity index is 1.30. The first-order valence-electron chi connectivity index (χ1n) is 10.5. The molecule has 0 radical (unpaired) electrons. The summed E-state index contributed by atoms with van der Waals surface area (Å²) in [7, 11) is -3.53. The Morgan fingerprint density at radius 3 is 2.38 bits per heavy atom. The largest absolute Gasteiger partial charge is 0.421 e. The average molecular weight is 475 g/mol. The van der Waals surface area contributed by atoms with Gasteiger partial charge >= 0.3 is 0 Å². The SMILES string of the molecule is Cc1ccc(-c2nnc(CCC(=O)N3CCN(S(=O)(=O)c4cc(C)sc4C)CC3)o2)cc1. The zero-order valence-electron chi connectivity index (χ0n) is 18.4. The molecule has 0 spiro atoms. The molecule has 8 nitrogen and oxygen atoms in total. The van der Waals surface area contributed by atoms with Gasteiger partial charge in [0.05, 0.1) is 4.90 Å². The summed E-state index contributed by atoms with van der Waals surface area (Å²) < 4.78 is 33.1. The first kappa shape index (κ1) is 22.6. The minimum Gasteiger partial charge on any atom is -0.421 e. The summed E-state index contributed by atoms with van der Waals surface area (Å²) in [6.45, 7) is 7.07. The van der Waals surface area contributed by atoms with Gasteiger partial charge in [-0.3, -0.25) is 4.79 Å². The van der Waals surface area contributed by atoms with Gasteiger partial charge in [-0.1, -0.05) is 17.7 Å². The van der Waals surface area contributed by atoms with Gasteiger partial charge in [-0.25, -0.2) is 8.42 Å². The van der Waals surface area contributed by atoms with Gasteiger partial charge in [0.2, 0.25) is 27.7 Å². The number of rotatable bonds is 6. The number of benzene rings is 1. The monoisotopic (exact) mass is 474 g/mol. The van der Waals surface area contributed by atoms with Crippen LogP contribution in [0.25, 0.3) is 11.5 Å². The third-order valence-corrected chi connectivity index (χ3v) is 8.64. The molecule has 1 aliphatic heterocycles. The molecule has 0 saturated carbocycles.